The summed E-state index contributed by atoms with van der Waals surface area (Å²) in [4.78, 5) is 12.0. The standard InChI is InChI=1S/C19H18BrN5OS/c1-13-6-3-4-7-15(13)11-21-22-17(26)12-27-19-24-23-18(25(19)2)14-8-5-9-16(20)10-14/h3-11H,12H2,1-2H3,(H,22,26). The normalized spacial score (nSPS) is 11.1. The van der Waals surface area contributed by atoms with E-state index < -0.39 is 0 Å². The van der Waals surface area contributed by atoms with E-state index in [9.17, 15) is 4.79 Å². The molecule has 0 atom stereocenters. The highest BCUT2D eigenvalue weighted by Crippen LogP contribution is 2.24. The Hall–Kier alpha value is -2.45. The second kappa shape index (κ2) is 8.96. The molecular weight excluding hydrogens is 426 g/mol. The van der Waals surface area contributed by atoms with Crippen LogP contribution < -0.4 is 5.43 Å². The Morgan fingerprint density at radius 3 is 2.85 bits per heavy atom. The van der Waals surface area contributed by atoms with Gasteiger partial charge in [-0.3, -0.25) is 4.79 Å². The number of nitrogens with one attached hydrogen (secondary N) is 1. The molecule has 1 N–H and O–H groups in total. The number of aromatic nitrogens is 3. The van der Waals surface area contributed by atoms with Crippen molar-refractivity contribution in [2.75, 3.05) is 5.75 Å². The Morgan fingerprint density at radius 1 is 1.26 bits per heavy atom. The molecule has 8 heteroatoms. The molecule has 0 saturated heterocycles. The summed E-state index contributed by atoms with van der Waals surface area (Å²) in [5.74, 6) is 0.754. The summed E-state index contributed by atoms with van der Waals surface area (Å²) in [6.07, 6.45) is 1.64. The lowest BCUT2D eigenvalue weighted by Crippen LogP contribution is -2.20. The molecule has 27 heavy (non-hydrogen) atoms. The number of benzene rings is 2. The van der Waals surface area contributed by atoms with Gasteiger partial charge < -0.3 is 4.57 Å². The third-order valence-electron chi connectivity index (χ3n) is 3.83. The van der Waals surface area contributed by atoms with Crippen LogP contribution in [0.2, 0.25) is 0 Å². The van der Waals surface area contributed by atoms with Crippen molar-refractivity contribution >= 4 is 39.8 Å². The van der Waals surface area contributed by atoms with Crippen LogP contribution in [0.25, 0.3) is 11.4 Å². The summed E-state index contributed by atoms with van der Waals surface area (Å²) in [7, 11) is 1.88. The first kappa shape index (κ1) is 19.3. The average Bonchev–Trinajstić information content (AvgIpc) is 3.02. The van der Waals surface area contributed by atoms with Gasteiger partial charge in [-0.2, -0.15) is 5.10 Å². The van der Waals surface area contributed by atoms with E-state index in [-0.39, 0.29) is 11.7 Å². The van der Waals surface area contributed by atoms with Crippen LogP contribution in [-0.2, 0) is 11.8 Å². The topological polar surface area (TPSA) is 72.2 Å². The van der Waals surface area contributed by atoms with Crippen molar-refractivity contribution in [1.82, 2.24) is 20.2 Å². The zero-order chi connectivity index (χ0) is 19.2. The minimum atomic E-state index is -0.197. The van der Waals surface area contributed by atoms with Gasteiger partial charge in [-0.1, -0.05) is 64.1 Å². The van der Waals surface area contributed by atoms with Crippen molar-refractivity contribution in [3.8, 4) is 11.4 Å². The molecule has 0 unspecified atom stereocenters. The number of hydrazone groups is 1. The number of hydrogen-bond donors (Lipinski definition) is 1. The summed E-state index contributed by atoms with van der Waals surface area (Å²) in [6, 6.07) is 15.7. The van der Waals surface area contributed by atoms with Crippen molar-refractivity contribution < 1.29 is 4.79 Å². The van der Waals surface area contributed by atoms with Crippen molar-refractivity contribution in [2.45, 2.75) is 12.1 Å². The number of hydrogen-bond acceptors (Lipinski definition) is 5. The number of rotatable bonds is 6. The minimum absolute atomic E-state index is 0.197. The average molecular weight is 444 g/mol. The molecule has 0 fully saturated rings. The molecule has 0 aliphatic heterocycles. The van der Waals surface area contributed by atoms with Crippen molar-refractivity contribution in [3.63, 3.8) is 0 Å². The molecule has 6 nitrogen and oxygen atoms in total. The monoisotopic (exact) mass is 443 g/mol. The molecule has 0 aliphatic rings. The van der Waals surface area contributed by atoms with Crippen LogP contribution in [0.15, 0.2) is 63.3 Å². The Morgan fingerprint density at radius 2 is 2.07 bits per heavy atom. The van der Waals surface area contributed by atoms with Crippen LogP contribution in [-0.4, -0.2) is 32.6 Å². The van der Waals surface area contributed by atoms with Crippen LogP contribution in [0.5, 0.6) is 0 Å². The fourth-order valence-electron chi connectivity index (χ4n) is 2.39. The van der Waals surface area contributed by atoms with E-state index in [2.05, 4.69) is 36.7 Å². The Balaban J connectivity index is 1.57. The third-order valence-corrected chi connectivity index (χ3v) is 5.34. The highest BCUT2D eigenvalue weighted by molar-refractivity contribution is 9.10. The number of aryl methyl sites for hydroxylation is 1. The van der Waals surface area contributed by atoms with Gasteiger partial charge >= 0.3 is 0 Å². The second-order valence-electron chi connectivity index (χ2n) is 5.81. The maximum atomic E-state index is 12.0. The van der Waals surface area contributed by atoms with Gasteiger partial charge in [0.25, 0.3) is 5.91 Å². The van der Waals surface area contributed by atoms with Gasteiger partial charge in [0.1, 0.15) is 0 Å². The maximum absolute atomic E-state index is 12.0. The number of halogens is 1. The highest BCUT2D eigenvalue weighted by atomic mass is 79.9. The van der Waals surface area contributed by atoms with Crippen LogP contribution in [0.3, 0.4) is 0 Å². The molecule has 1 amide bonds. The molecule has 0 aliphatic carbocycles. The van der Waals surface area contributed by atoms with Crippen molar-refractivity contribution in [3.05, 3.63) is 64.1 Å². The Bertz CT molecular complexity index is 986. The first-order chi connectivity index (χ1) is 13.0. The summed E-state index contributed by atoms with van der Waals surface area (Å²) in [5, 5.41) is 13.1. The van der Waals surface area contributed by atoms with Crippen LogP contribution in [0.4, 0.5) is 0 Å². The molecule has 1 aromatic heterocycles. The molecule has 3 aromatic rings. The molecular formula is C19H18BrN5OS. The van der Waals surface area contributed by atoms with Gasteiger partial charge in [0, 0.05) is 17.1 Å². The highest BCUT2D eigenvalue weighted by Gasteiger charge is 2.13. The summed E-state index contributed by atoms with van der Waals surface area (Å²) in [6.45, 7) is 2.00. The van der Waals surface area contributed by atoms with Gasteiger partial charge in [0.15, 0.2) is 11.0 Å². The lowest BCUT2D eigenvalue weighted by atomic mass is 10.1. The van der Waals surface area contributed by atoms with Crippen LogP contribution in [0, 0.1) is 6.92 Å². The molecule has 138 valence electrons. The summed E-state index contributed by atoms with van der Waals surface area (Å²) in [5.41, 5.74) is 5.57. The largest absolute Gasteiger partial charge is 0.305 e. The summed E-state index contributed by atoms with van der Waals surface area (Å²) >= 11 is 4.77. The van der Waals surface area contributed by atoms with E-state index >= 15 is 0 Å². The first-order valence-electron chi connectivity index (χ1n) is 8.20. The van der Waals surface area contributed by atoms with E-state index in [1.807, 2.05) is 67.1 Å². The van der Waals surface area contributed by atoms with Crippen LogP contribution >= 0.6 is 27.7 Å². The smallest absolute Gasteiger partial charge is 0.250 e. The third kappa shape index (κ3) is 5.05. The number of thioether (sulfide) groups is 1. The van der Waals surface area contributed by atoms with E-state index in [4.69, 9.17) is 0 Å². The lowest BCUT2D eigenvalue weighted by molar-refractivity contribution is -0.118. The molecule has 0 bridgehead atoms. The Labute approximate surface area is 170 Å². The number of amides is 1. The molecule has 0 spiro atoms. The zero-order valence-electron chi connectivity index (χ0n) is 14.9. The SMILES string of the molecule is Cc1ccccc1C=NNC(=O)CSc1nnc(-c2cccc(Br)c2)n1C. The first-order valence-corrected chi connectivity index (χ1v) is 9.98. The van der Waals surface area contributed by atoms with Crippen LogP contribution in [0.1, 0.15) is 11.1 Å². The Kier molecular flexibility index (Phi) is 6.41. The second-order valence-corrected chi connectivity index (χ2v) is 7.67. The van der Waals surface area contributed by atoms with E-state index in [0.717, 1.165) is 27.0 Å². The lowest BCUT2D eigenvalue weighted by Gasteiger charge is -2.04. The molecule has 3 rings (SSSR count). The predicted octanol–water partition coefficient (Wildman–Crippen LogP) is 3.80. The molecule has 1 heterocycles. The van der Waals surface area contributed by atoms with Gasteiger partial charge in [-0.25, -0.2) is 5.43 Å². The number of carbonyl (C=O) groups is 1. The molecule has 2 aromatic carbocycles. The fourth-order valence-corrected chi connectivity index (χ4v) is 3.49. The van der Waals surface area contributed by atoms with Crippen molar-refractivity contribution in [2.24, 2.45) is 12.1 Å². The minimum Gasteiger partial charge on any atom is -0.305 e. The maximum Gasteiger partial charge on any atom is 0.250 e. The van der Waals surface area contributed by atoms with E-state index in [0.29, 0.717) is 5.16 Å². The van der Waals surface area contributed by atoms with E-state index in [1.54, 1.807) is 6.21 Å². The van der Waals surface area contributed by atoms with Gasteiger partial charge in [0.2, 0.25) is 0 Å². The van der Waals surface area contributed by atoms with Gasteiger partial charge in [-0.05, 0) is 30.2 Å². The molecule has 0 radical (unpaired) electrons. The predicted molar refractivity (Wildman–Crippen MR) is 112 cm³/mol. The summed E-state index contributed by atoms with van der Waals surface area (Å²) < 4.78 is 2.85. The fraction of sp³-hybridized carbons (Fsp3) is 0.158. The van der Waals surface area contributed by atoms with Gasteiger partial charge in [0.05, 0.1) is 12.0 Å². The van der Waals surface area contributed by atoms with E-state index in [1.165, 1.54) is 11.8 Å². The quantitative estimate of drug-likeness (QED) is 0.357. The zero-order valence-corrected chi connectivity index (χ0v) is 17.3. The molecule has 0 saturated carbocycles. The van der Waals surface area contributed by atoms with Crippen molar-refractivity contribution in [1.29, 1.82) is 0 Å². The number of nitrogens with zero attached hydrogens (tertiary/aromatic N) is 4. The van der Waals surface area contributed by atoms with Gasteiger partial charge in [-0.15, -0.1) is 10.2 Å². The number of carbonyl (C=O) groups excluding carboxylic acids is 1.